The Morgan fingerprint density at radius 1 is 0.872 bits per heavy atom. The van der Waals surface area contributed by atoms with Crippen LogP contribution in [-0.2, 0) is 23.9 Å². The van der Waals surface area contributed by atoms with E-state index in [9.17, 15) is 24.3 Å². The fourth-order valence-corrected chi connectivity index (χ4v) is 3.43. The molecule has 220 valence electrons. The van der Waals surface area contributed by atoms with Gasteiger partial charge in [0.2, 0.25) is 0 Å². The fourth-order valence-electron chi connectivity index (χ4n) is 3.43. The molecule has 0 aliphatic carbocycles. The van der Waals surface area contributed by atoms with Crippen molar-refractivity contribution < 1.29 is 43.2 Å². The van der Waals surface area contributed by atoms with Crippen molar-refractivity contribution in [1.29, 1.82) is 0 Å². The molecule has 3 N–H and O–H groups in total. The van der Waals surface area contributed by atoms with Gasteiger partial charge in [-0.2, -0.15) is 0 Å². The number of rotatable bonds is 15. The molecule has 39 heavy (non-hydrogen) atoms. The number of carboxylic acid groups (broad SMARTS) is 1. The molecule has 10 heteroatoms. The number of carbonyl (C=O) groups excluding carboxylic acids is 3. The molecule has 0 aliphatic rings. The largest absolute Gasteiger partial charge is 0.508 e. The van der Waals surface area contributed by atoms with Crippen molar-refractivity contribution in [3.63, 3.8) is 0 Å². The van der Waals surface area contributed by atoms with E-state index in [0.29, 0.717) is 12.0 Å². The summed E-state index contributed by atoms with van der Waals surface area (Å²) < 4.78 is 21.6. The molecule has 4 unspecified atom stereocenters. The summed E-state index contributed by atoms with van der Waals surface area (Å²) in [5.41, 5.74) is 6.45. The minimum absolute atomic E-state index is 0.00379. The van der Waals surface area contributed by atoms with Gasteiger partial charge in [-0.15, -0.1) is 0 Å². The van der Waals surface area contributed by atoms with Gasteiger partial charge >= 0.3 is 24.1 Å². The molecule has 1 rings (SSSR count). The van der Waals surface area contributed by atoms with E-state index in [-0.39, 0.29) is 36.4 Å². The molecule has 0 heterocycles. The van der Waals surface area contributed by atoms with Crippen LogP contribution in [0.5, 0.6) is 11.5 Å². The highest BCUT2D eigenvalue weighted by Crippen LogP contribution is 2.36. The summed E-state index contributed by atoms with van der Waals surface area (Å²) in [5.74, 6) is -3.94. The molecule has 0 aliphatic heterocycles. The Morgan fingerprint density at radius 3 is 1.90 bits per heavy atom. The number of esters is 2. The van der Waals surface area contributed by atoms with Crippen LogP contribution in [0.2, 0.25) is 0 Å². The van der Waals surface area contributed by atoms with Gasteiger partial charge in [-0.25, -0.2) is 4.79 Å². The average molecular weight is 552 g/mol. The summed E-state index contributed by atoms with van der Waals surface area (Å²) >= 11 is 0. The Balaban J connectivity index is 3.37. The third-order valence-electron chi connectivity index (χ3n) is 6.88. The number of hydrogen-bond acceptors (Lipinski definition) is 9. The molecule has 0 spiro atoms. The molecule has 1 aromatic carbocycles. The molecular weight excluding hydrogens is 506 g/mol. The average Bonchev–Trinajstić information content (AvgIpc) is 2.86. The van der Waals surface area contributed by atoms with Crippen LogP contribution in [0.25, 0.3) is 0 Å². The van der Waals surface area contributed by atoms with Crippen LogP contribution in [0.3, 0.4) is 0 Å². The molecule has 0 fully saturated rings. The van der Waals surface area contributed by atoms with E-state index in [1.165, 1.54) is 12.1 Å². The molecule has 10 nitrogen and oxygen atoms in total. The summed E-state index contributed by atoms with van der Waals surface area (Å²) in [6.07, 6.45) is 0.0153. The Kier molecular flexibility index (Phi) is 14.0. The van der Waals surface area contributed by atoms with Crippen LogP contribution in [0, 0.1) is 23.7 Å². The van der Waals surface area contributed by atoms with Gasteiger partial charge in [0.1, 0.15) is 12.1 Å². The van der Waals surface area contributed by atoms with Crippen LogP contribution >= 0.6 is 0 Å². The monoisotopic (exact) mass is 551 g/mol. The summed E-state index contributed by atoms with van der Waals surface area (Å²) in [5, 5.41) is 9.67. The highest BCUT2D eigenvalue weighted by Gasteiger charge is 2.31. The Bertz CT molecular complexity index is 976. The van der Waals surface area contributed by atoms with Crippen LogP contribution in [-0.4, -0.2) is 47.9 Å². The second kappa shape index (κ2) is 16.1. The zero-order valence-corrected chi connectivity index (χ0v) is 24.4. The number of ether oxygens (including phenoxy) is 4. The van der Waals surface area contributed by atoms with Gasteiger partial charge in [-0.1, -0.05) is 61.0 Å². The summed E-state index contributed by atoms with van der Waals surface area (Å²) in [4.78, 5) is 49.3. The quantitative estimate of drug-likeness (QED) is 0.167. The van der Waals surface area contributed by atoms with Gasteiger partial charge in [0.15, 0.2) is 11.5 Å². The SMILES string of the molecule is CCCCOC(=O)OC(C)CC(c1ccc(OC(=O)C(C)C(C)C)c(OC(=O)C(C)C(C)C)c1)[C@H](N)C(=O)O. The first kappa shape index (κ1) is 33.9. The molecule has 0 saturated heterocycles. The minimum atomic E-state index is -1.36. The zero-order valence-electron chi connectivity index (χ0n) is 24.4. The van der Waals surface area contributed by atoms with Crippen LogP contribution in [0.1, 0.15) is 86.1 Å². The second-order valence-corrected chi connectivity index (χ2v) is 10.7. The highest BCUT2D eigenvalue weighted by molar-refractivity contribution is 5.79. The topological polar surface area (TPSA) is 151 Å². The Labute approximate surface area is 231 Å². The summed E-state index contributed by atoms with van der Waals surface area (Å²) in [6, 6.07) is 3.10. The zero-order chi connectivity index (χ0) is 29.9. The number of nitrogens with two attached hydrogens (primary N) is 1. The van der Waals surface area contributed by atoms with Crippen molar-refractivity contribution in [2.75, 3.05) is 6.61 Å². The molecule has 5 atom stereocenters. The standard InChI is InChI=1S/C29H45NO9/c1-9-10-13-36-29(35)37-18(6)14-22(25(30)26(31)32)21-11-12-23(38-27(33)19(7)16(2)3)24(15-21)39-28(34)20(8)17(4)5/h11-12,15-20,22,25H,9-10,13-14,30H2,1-8H3,(H,31,32)/t18?,19?,20?,22?,25-/m0/s1. The van der Waals surface area contributed by atoms with Gasteiger partial charge in [0, 0.05) is 5.92 Å². The lowest BCUT2D eigenvalue weighted by atomic mass is 9.87. The van der Waals surface area contributed by atoms with Crippen molar-refractivity contribution in [3.05, 3.63) is 23.8 Å². The first-order valence-electron chi connectivity index (χ1n) is 13.6. The Morgan fingerprint density at radius 2 is 1.41 bits per heavy atom. The van der Waals surface area contributed by atoms with Gasteiger partial charge in [0.25, 0.3) is 0 Å². The predicted molar refractivity (Wildman–Crippen MR) is 145 cm³/mol. The first-order chi connectivity index (χ1) is 18.2. The molecule has 0 amide bonds. The fraction of sp³-hybridized carbons (Fsp3) is 0.655. The maximum Gasteiger partial charge on any atom is 0.508 e. The molecule has 1 aromatic rings. The van der Waals surface area contributed by atoms with E-state index < -0.39 is 54.0 Å². The minimum Gasteiger partial charge on any atom is -0.480 e. The maximum absolute atomic E-state index is 12.8. The highest BCUT2D eigenvalue weighted by atomic mass is 16.7. The van der Waals surface area contributed by atoms with Gasteiger partial charge < -0.3 is 29.8 Å². The second-order valence-electron chi connectivity index (χ2n) is 10.7. The van der Waals surface area contributed by atoms with Gasteiger partial charge in [-0.05, 0) is 49.3 Å². The molecule has 0 saturated carbocycles. The summed E-state index contributed by atoms with van der Waals surface area (Å²) in [6.45, 7) is 14.8. The van der Waals surface area contributed by atoms with E-state index >= 15 is 0 Å². The van der Waals surface area contributed by atoms with E-state index in [2.05, 4.69) is 0 Å². The normalized spacial score (nSPS) is 15.2. The van der Waals surface area contributed by atoms with Crippen LogP contribution < -0.4 is 15.2 Å². The van der Waals surface area contributed by atoms with Crippen molar-refractivity contribution in [2.24, 2.45) is 29.4 Å². The Hall–Kier alpha value is -3.14. The predicted octanol–water partition coefficient (Wildman–Crippen LogP) is 5.31. The third-order valence-corrected chi connectivity index (χ3v) is 6.88. The van der Waals surface area contributed by atoms with Crippen molar-refractivity contribution >= 4 is 24.1 Å². The van der Waals surface area contributed by atoms with E-state index in [4.69, 9.17) is 24.7 Å². The lowest BCUT2D eigenvalue weighted by molar-refractivity contribution is -0.142. The van der Waals surface area contributed by atoms with E-state index in [1.54, 1.807) is 26.8 Å². The maximum atomic E-state index is 12.8. The van der Waals surface area contributed by atoms with E-state index in [0.717, 1.165) is 6.42 Å². The molecular formula is C29H45NO9. The summed E-state index contributed by atoms with van der Waals surface area (Å²) in [7, 11) is 0. The van der Waals surface area contributed by atoms with Crippen molar-refractivity contribution in [2.45, 2.75) is 92.7 Å². The number of carboxylic acids is 1. The number of hydrogen-bond donors (Lipinski definition) is 2. The lowest BCUT2D eigenvalue weighted by Crippen LogP contribution is -2.38. The number of benzene rings is 1. The third kappa shape index (κ3) is 10.9. The molecule has 0 aromatic heterocycles. The van der Waals surface area contributed by atoms with Crippen molar-refractivity contribution in [1.82, 2.24) is 0 Å². The molecule has 0 bridgehead atoms. The smallest absolute Gasteiger partial charge is 0.480 e. The number of unbranched alkanes of at least 4 members (excludes halogenated alkanes) is 1. The molecule has 0 radical (unpaired) electrons. The van der Waals surface area contributed by atoms with Crippen LogP contribution in [0.4, 0.5) is 4.79 Å². The first-order valence-corrected chi connectivity index (χ1v) is 13.6. The number of aliphatic carboxylic acids is 1. The van der Waals surface area contributed by atoms with Gasteiger partial charge in [-0.3, -0.25) is 14.4 Å². The van der Waals surface area contributed by atoms with E-state index in [1.807, 2.05) is 34.6 Å². The van der Waals surface area contributed by atoms with Crippen molar-refractivity contribution in [3.8, 4) is 11.5 Å². The van der Waals surface area contributed by atoms with Gasteiger partial charge in [0.05, 0.1) is 18.4 Å². The number of carbonyl (C=O) groups is 4. The van der Waals surface area contributed by atoms with Crippen LogP contribution in [0.15, 0.2) is 18.2 Å². The lowest BCUT2D eigenvalue weighted by Gasteiger charge is -2.25.